The fourth-order valence-electron chi connectivity index (χ4n) is 2.87. The Balaban J connectivity index is 1.96. The molecule has 4 aromatic rings. The summed E-state index contributed by atoms with van der Waals surface area (Å²) in [6, 6.07) is 11.9. The van der Waals surface area contributed by atoms with Gasteiger partial charge in [0.1, 0.15) is 22.9 Å². The van der Waals surface area contributed by atoms with E-state index in [1.54, 1.807) is 44.8 Å². The van der Waals surface area contributed by atoms with Gasteiger partial charge < -0.3 is 10.1 Å². The molecule has 0 unspecified atom stereocenters. The number of nitrogens with one attached hydrogen (secondary N) is 1. The van der Waals surface area contributed by atoms with Crippen molar-refractivity contribution in [1.29, 1.82) is 0 Å². The van der Waals surface area contributed by atoms with Crippen LogP contribution >= 0.6 is 0 Å². The number of ether oxygens (including phenoxy) is 1. The van der Waals surface area contributed by atoms with Crippen molar-refractivity contribution in [2.75, 3.05) is 19.5 Å². The highest BCUT2D eigenvalue weighted by Gasteiger charge is 2.16. The number of halogens is 1. The molecule has 2 aromatic carbocycles. The van der Waals surface area contributed by atoms with E-state index in [0.717, 1.165) is 16.5 Å². The Labute approximate surface area is 155 Å². The zero-order valence-corrected chi connectivity index (χ0v) is 14.8. The van der Waals surface area contributed by atoms with Gasteiger partial charge in [0.05, 0.1) is 7.11 Å². The average molecular weight is 361 g/mol. The Bertz CT molecular complexity index is 1100. The first kappa shape index (κ1) is 16.8. The van der Waals surface area contributed by atoms with Crippen LogP contribution in [0, 0.1) is 5.82 Å². The highest BCUT2D eigenvalue weighted by molar-refractivity contribution is 5.97. The zero-order valence-electron chi connectivity index (χ0n) is 14.8. The molecule has 0 aliphatic carbocycles. The molecule has 0 fully saturated rings. The number of fused-ring (bicyclic) bond motifs is 1. The largest absolute Gasteiger partial charge is 0.494 e. The van der Waals surface area contributed by atoms with Crippen LogP contribution in [0.4, 0.5) is 10.2 Å². The number of anilines is 1. The molecule has 6 nitrogen and oxygen atoms in total. The number of rotatable bonds is 4. The van der Waals surface area contributed by atoms with Crippen LogP contribution in [-0.4, -0.2) is 34.1 Å². The second-order valence-electron chi connectivity index (χ2n) is 5.80. The van der Waals surface area contributed by atoms with E-state index in [2.05, 4.69) is 25.3 Å². The quantitative estimate of drug-likeness (QED) is 0.593. The smallest absolute Gasteiger partial charge is 0.200 e. The summed E-state index contributed by atoms with van der Waals surface area (Å²) in [6.45, 7) is 0. The summed E-state index contributed by atoms with van der Waals surface area (Å²) in [7, 11) is 3.37. The minimum Gasteiger partial charge on any atom is -0.494 e. The predicted octanol–water partition coefficient (Wildman–Crippen LogP) is 3.94. The zero-order chi connectivity index (χ0) is 18.8. The van der Waals surface area contributed by atoms with Gasteiger partial charge in [-0.15, -0.1) is 0 Å². The van der Waals surface area contributed by atoms with E-state index in [1.165, 1.54) is 12.1 Å². The third kappa shape index (κ3) is 3.15. The summed E-state index contributed by atoms with van der Waals surface area (Å²) < 4.78 is 18.8. The van der Waals surface area contributed by atoms with E-state index in [0.29, 0.717) is 28.7 Å². The summed E-state index contributed by atoms with van der Waals surface area (Å²) >= 11 is 0. The van der Waals surface area contributed by atoms with Crippen molar-refractivity contribution >= 4 is 16.7 Å². The molecule has 2 heterocycles. The van der Waals surface area contributed by atoms with E-state index in [4.69, 9.17) is 4.74 Å². The van der Waals surface area contributed by atoms with E-state index >= 15 is 0 Å². The molecule has 0 saturated carbocycles. The van der Waals surface area contributed by atoms with Gasteiger partial charge in [0.2, 0.25) is 0 Å². The molecule has 27 heavy (non-hydrogen) atoms. The van der Waals surface area contributed by atoms with Crippen LogP contribution in [0.2, 0.25) is 0 Å². The van der Waals surface area contributed by atoms with Crippen LogP contribution in [0.25, 0.3) is 33.7 Å². The molecular weight excluding hydrogens is 345 g/mol. The van der Waals surface area contributed by atoms with Crippen LogP contribution in [0.15, 0.2) is 54.9 Å². The number of benzene rings is 2. The van der Waals surface area contributed by atoms with Crippen LogP contribution in [0.1, 0.15) is 0 Å². The predicted molar refractivity (Wildman–Crippen MR) is 102 cm³/mol. The van der Waals surface area contributed by atoms with Gasteiger partial charge in [-0.05, 0) is 41.5 Å². The lowest BCUT2D eigenvalue weighted by molar-refractivity contribution is 0.419. The maximum atomic E-state index is 13.3. The van der Waals surface area contributed by atoms with Crippen molar-refractivity contribution < 1.29 is 9.13 Å². The van der Waals surface area contributed by atoms with Gasteiger partial charge in [-0.1, -0.05) is 12.1 Å². The minimum atomic E-state index is -0.279. The minimum absolute atomic E-state index is 0.279. The van der Waals surface area contributed by atoms with Gasteiger partial charge in [0, 0.05) is 24.8 Å². The molecule has 1 N–H and O–H groups in total. The molecule has 134 valence electrons. The maximum Gasteiger partial charge on any atom is 0.200 e. The monoisotopic (exact) mass is 361 g/mol. The molecule has 0 radical (unpaired) electrons. The van der Waals surface area contributed by atoms with E-state index < -0.39 is 0 Å². The Morgan fingerprint density at radius 1 is 0.926 bits per heavy atom. The van der Waals surface area contributed by atoms with Gasteiger partial charge in [0.25, 0.3) is 0 Å². The fourth-order valence-corrected chi connectivity index (χ4v) is 2.87. The number of aromatic nitrogens is 4. The molecule has 0 saturated heterocycles. The lowest BCUT2D eigenvalue weighted by Crippen LogP contribution is -2.02. The molecule has 0 spiro atoms. The van der Waals surface area contributed by atoms with Gasteiger partial charge in [-0.3, -0.25) is 0 Å². The highest BCUT2D eigenvalue weighted by atomic mass is 19.1. The SMILES string of the molecule is CNc1nc(-c2ncccn2)nc2c(OC)cc(-c3ccc(F)cc3)cc12. The van der Waals surface area contributed by atoms with Gasteiger partial charge >= 0.3 is 0 Å². The van der Waals surface area contributed by atoms with Gasteiger partial charge in [0.15, 0.2) is 11.6 Å². The van der Waals surface area contributed by atoms with Crippen LogP contribution < -0.4 is 10.1 Å². The molecule has 0 aliphatic rings. The van der Waals surface area contributed by atoms with E-state index in [-0.39, 0.29) is 5.82 Å². The Hall–Kier alpha value is -3.61. The van der Waals surface area contributed by atoms with Crippen molar-refractivity contribution in [3.8, 4) is 28.5 Å². The molecule has 2 aromatic heterocycles. The maximum absolute atomic E-state index is 13.3. The van der Waals surface area contributed by atoms with Crippen molar-refractivity contribution in [2.45, 2.75) is 0 Å². The van der Waals surface area contributed by atoms with Crippen LogP contribution in [0.5, 0.6) is 5.75 Å². The second-order valence-corrected chi connectivity index (χ2v) is 5.80. The van der Waals surface area contributed by atoms with Crippen molar-refractivity contribution in [3.63, 3.8) is 0 Å². The first-order valence-corrected chi connectivity index (χ1v) is 8.30. The van der Waals surface area contributed by atoms with Crippen LogP contribution in [-0.2, 0) is 0 Å². The number of hydrogen-bond acceptors (Lipinski definition) is 6. The molecule has 0 atom stereocenters. The fraction of sp³-hybridized carbons (Fsp3) is 0.100. The van der Waals surface area contributed by atoms with Crippen molar-refractivity contribution in [3.05, 3.63) is 60.7 Å². The molecule has 0 amide bonds. The third-order valence-electron chi connectivity index (χ3n) is 4.17. The van der Waals surface area contributed by atoms with Crippen molar-refractivity contribution in [2.24, 2.45) is 0 Å². The summed E-state index contributed by atoms with van der Waals surface area (Å²) in [5, 5.41) is 3.88. The second kappa shape index (κ2) is 6.95. The molecule has 7 heteroatoms. The Morgan fingerprint density at radius 2 is 1.67 bits per heavy atom. The van der Waals surface area contributed by atoms with Gasteiger partial charge in [-0.2, -0.15) is 0 Å². The Morgan fingerprint density at radius 3 is 2.33 bits per heavy atom. The first-order chi connectivity index (χ1) is 13.2. The summed E-state index contributed by atoms with van der Waals surface area (Å²) in [5.74, 6) is 1.77. The normalized spacial score (nSPS) is 10.8. The molecule has 0 bridgehead atoms. The third-order valence-corrected chi connectivity index (χ3v) is 4.17. The van der Waals surface area contributed by atoms with E-state index in [9.17, 15) is 4.39 Å². The molecule has 4 rings (SSSR count). The highest BCUT2D eigenvalue weighted by Crippen LogP contribution is 2.35. The molecule has 0 aliphatic heterocycles. The average Bonchev–Trinajstić information content (AvgIpc) is 2.73. The summed E-state index contributed by atoms with van der Waals surface area (Å²) in [4.78, 5) is 17.6. The molecular formula is C20H16FN5O. The standard InChI is InChI=1S/C20H16FN5O/c1-22-18-15-10-13(12-4-6-14(21)7-5-12)11-16(27-2)17(15)25-20(26-18)19-23-8-3-9-24-19/h3-11H,1-2H3,(H,22,25,26). The van der Waals surface area contributed by atoms with E-state index in [1.807, 2.05) is 12.1 Å². The summed E-state index contributed by atoms with van der Waals surface area (Å²) in [5.41, 5.74) is 2.39. The Kier molecular flexibility index (Phi) is 4.33. The lowest BCUT2D eigenvalue weighted by atomic mass is 10.0. The lowest BCUT2D eigenvalue weighted by Gasteiger charge is -2.13. The first-order valence-electron chi connectivity index (χ1n) is 8.30. The number of nitrogens with zero attached hydrogens (tertiary/aromatic N) is 4. The number of hydrogen-bond donors (Lipinski definition) is 1. The topological polar surface area (TPSA) is 72.8 Å². The van der Waals surface area contributed by atoms with Crippen LogP contribution in [0.3, 0.4) is 0 Å². The van der Waals surface area contributed by atoms with Gasteiger partial charge in [-0.25, -0.2) is 24.3 Å². The summed E-state index contributed by atoms with van der Waals surface area (Å²) in [6.07, 6.45) is 3.29. The van der Waals surface area contributed by atoms with Crippen molar-refractivity contribution in [1.82, 2.24) is 19.9 Å². The number of methoxy groups -OCH3 is 1.